The average molecular weight is 348 g/mol. The second kappa shape index (κ2) is 6.99. The number of hydrogen-bond acceptors (Lipinski definition) is 8. The molecule has 0 aliphatic carbocycles. The monoisotopic (exact) mass is 348 g/mol. The Hall–Kier alpha value is -3.16. The van der Waals surface area contributed by atoms with Crippen molar-refractivity contribution >= 4 is 17.7 Å². The summed E-state index contributed by atoms with van der Waals surface area (Å²) in [6.07, 6.45) is 8.93. The van der Waals surface area contributed by atoms with E-state index >= 15 is 0 Å². The minimum absolute atomic E-state index is 0.0690. The predicted octanol–water partition coefficient (Wildman–Crippen LogP) is 2.76. The molecule has 26 heavy (non-hydrogen) atoms. The number of hydrogen-bond donors (Lipinski definition) is 1. The molecule has 0 saturated carbocycles. The fraction of sp³-hybridized carbons (Fsp3) is 0.333. The van der Waals surface area contributed by atoms with Crippen LogP contribution in [0.5, 0.6) is 0 Å². The molecule has 8 heteroatoms. The quantitative estimate of drug-likeness (QED) is 0.769. The Balaban J connectivity index is 1.67. The van der Waals surface area contributed by atoms with Gasteiger partial charge in [-0.15, -0.1) is 0 Å². The van der Waals surface area contributed by atoms with Crippen molar-refractivity contribution in [2.75, 3.05) is 16.8 Å². The molecule has 0 bridgehead atoms. The zero-order chi connectivity index (χ0) is 17.9. The van der Waals surface area contributed by atoms with E-state index in [-0.39, 0.29) is 6.04 Å². The molecule has 1 fully saturated rings. The largest absolute Gasteiger partial charge is 0.332 e. The summed E-state index contributed by atoms with van der Waals surface area (Å²) in [5.41, 5.74) is 2.68. The molecular formula is C18H20N8. The Morgan fingerprint density at radius 2 is 1.69 bits per heavy atom. The molecular weight excluding hydrogens is 328 g/mol. The summed E-state index contributed by atoms with van der Waals surface area (Å²) < 4.78 is 0. The maximum atomic E-state index is 4.60. The standard InChI is InChI=1S/C18H20N8/c1-12-11-13(2)24-17(23-12)25-16-15(19-8-9-20-16)14-5-3-10-26(14)18-21-6-4-7-22-18/h4,6-9,11,14H,3,5,10H2,1-2H3,(H,20,23,24,25). The zero-order valence-electron chi connectivity index (χ0n) is 14.8. The van der Waals surface area contributed by atoms with E-state index in [0.29, 0.717) is 17.7 Å². The van der Waals surface area contributed by atoms with Gasteiger partial charge in [0.25, 0.3) is 0 Å². The first-order valence-corrected chi connectivity index (χ1v) is 8.64. The van der Waals surface area contributed by atoms with E-state index in [0.717, 1.165) is 36.5 Å². The van der Waals surface area contributed by atoms with Crippen LogP contribution >= 0.6 is 0 Å². The first-order valence-electron chi connectivity index (χ1n) is 8.64. The Bertz CT molecular complexity index is 878. The summed E-state index contributed by atoms with van der Waals surface area (Å²) in [4.78, 5) is 28.9. The van der Waals surface area contributed by atoms with E-state index in [9.17, 15) is 0 Å². The van der Waals surface area contributed by atoms with Crippen LogP contribution in [0, 0.1) is 13.8 Å². The molecule has 1 aliphatic rings. The second-order valence-corrected chi connectivity index (χ2v) is 6.29. The van der Waals surface area contributed by atoms with Crippen molar-refractivity contribution in [1.29, 1.82) is 0 Å². The molecule has 0 amide bonds. The number of anilines is 3. The van der Waals surface area contributed by atoms with Crippen LogP contribution in [-0.4, -0.2) is 36.4 Å². The third-order valence-electron chi connectivity index (χ3n) is 4.32. The van der Waals surface area contributed by atoms with Gasteiger partial charge in [0.15, 0.2) is 5.82 Å². The molecule has 8 nitrogen and oxygen atoms in total. The van der Waals surface area contributed by atoms with Crippen LogP contribution in [0.25, 0.3) is 0 Å². The van der Waals surface area contributed by atoms with Gasteiger partial charge in [0.2, 0.25) is 11.9 Å². The van der Waals surface area contributed by atoms with Gasteiger partial charge in [-0.1, -0.05) is 0 Å². The van der Waals surface area contributed by atoms with Crippen LogP contribution < -0.4 is 10.2 Å². The molecule has 1 aliphatic heterocycles. The topological polar surface area (TPSA) is 92.6 Å². The minimum atomic E-state index is 0.0690. The van der Waals surface area contributed by atoms with Gasteiger partial charge >= 0.3 is 0 Å². The van der Waals surface area contributed by atoms with E-state index in [1.807, 2.05) is 26.0 Å². The summed E-state index contributed by atoms with van der Waals surface area (Å²) in [5, 5.41) is 3.24. The van der Waals surface area contributed by atoms with Gasteiger partial charge in [0.05, 0.1) is 6.04 Å². The maximum Gasteiger partial charge on any atom is 0.228 e. The van der Waals surface area contributed by atoms with Gasteiger partial charge in [0, 0.05) is 42.7 Å². The Kier molecular flexibility index (Phi) is 4.39. The van der Waals surface area contributed by atoms with Crippen LogP contribution in [0.4, 0.5) is 17.7 Å². The molecule has 0 radical (unpaired) electrons. The first-order chi connectivity index (χ1) is 12.7. The number of nitrogens with zero attached hydrogens (tertiary/aromatic N) is 7. The predicted molar refractivity (Wildman–Crippen MR) is 98.2 cm³/mol. The second-order valence-electron chi connectivity index (χ2n) is 6.29. The number of rotatable bonds is 4. The lowest BCUT2D eigenvalue weighted by Gasteiger charge is -2.25. The van der Waals surface area contributed by atoms with E-state index in [2.05, 4.69) is 40.1 Å². The van der Waals surface area contributed by atoms with Crippen LogP contribution in [0.3, 0.4) is 0 Å². The van der Waals surface area contributed by atoms with Crippen molar-refractivity contribution in [1.82, 2.24) is 29.9 Å². The smallest absolute Gasteiger partial charge is 0.228 e. The van der Waals surface area contributed by atoms with Gasteiger partial charge in [-0.25, -0.2) is 24.9 Å². The molecule has 1 unspecified atom stereocenters. The fourth-order valence-corrected chi connectivity index (χ4v) is 3.31. The minimum Gasteiger partial charge on any atom is -0.332 e. The lowest BCUT2D eigenvalue weighted by atomic mass is 10.1. The molecule has 3 aromatic rings. The molecule has 0 aromatic carbocycles. The van der Waals surface area contributed by atoms with E-state index in [4.69, 9.17) is 0 Å². The van der Waals surface area contributed by atoms with Gasteiger partial charge < -0.3 is 10.2 Å². The Morgan fingerprint density at radius 1 is 0.962 bits per heavy atom. The third-order valence-corrected chi connectivity index (χ3v) is 4.32. The number of nitrogens with one attached hydrogen (secondary N) is 1. The lowest BCUT2D eigenvalue weighted by Crippen LogP contribution is -2.26. The summed E-state index contributed by atoms with van der Waals surface area (Å²) in [6, 6.07) is 3.83. The fourth-order valence-electron chi connectivity index (χ4n) is 3.31. The molecule has 4 heterocycles. The van der Waals surface area contributed by atoms with Crippen molar-refractivity contribution < 1.29 is 0 Å². The van der Waals surface area contributed by atoms with E-state index in [1.165, 1.54) is 0 Å². The van der Waals surface area contributed by atoms with Crippen LogP contribution in [-0.2, 0) is 0 Å². The summed E-state index contributed by atoms with van der Waals surface area (Å²) in [6.45, 7) is 4.79. The highest BCUT2D eigenvalue weighted by molar-refractivity contribution is 5.54. The van der Waals surface area contributed by atoms with Crippen LogP contribution in [0.2, 0.25) is 0 Å². The number of aromatic nitrogens is 6. The van der Waals surface area contributed by atoms with Crippen molar-refractivity contribution in [3.8, 4) is 0 Å². The summed E-state index contributed by atoms with van der Waals surface area (Å²) >= 11 is 0. The van der Waals surface area contributed by atoms with Gasteiger partial charge in [-0.2, -0.15) is 0 Å². The van der Waals surface area contributed by atoms with Gasteiger partial charge in [0.1, 0.15) is 5.69 Å². The lowest BCUT2D eigenvalue weighted by molar-refractivity contribution is 0.677. The van der Waals surface area contributed by atoms with Crippen molar-refractivity contribution in [2.45, 2.75) is 32.7 Å². The van der Waals surface area contributed by atoms with Gasteiger partial charge in [-0.05, 0) is 38.8 Å². The molecule has 132 valence electrons. The van der Waals surface area contributed by atoms with E-state index < -0.39 is 0 Å². The molecule has 4 rings (SSSR count). The highest BCUT2D eigenvalue weighted by atomic mass is 15.3. The molecule has 1 saturated heterocycles. The summed E-state index contributed by atoms with van der Waals surface area (Å²) in [7, 11) is 0. The molecule has 1 atom stereocenters. The third kappa shape index (κ3) is 3.30. The number of aryl methyl sites for hydroxylation is 2. The van der Waals surface area contributed by atoms with Gasteiger partial charge in [-0.3, -0.25) is 4.98 Å². The first kappa shape index (κ1) is 16.3. The highest BCUT2D eigenvalue weighted by Crippen LogP contribution is 2.36. The van der Waals surface area contributed by atoms with Crippen molar-refractivity contribution in [3.05, 3.63) is 54.0 Å². The highest BCUT2D eigenvalue weighted by Gasteiger charge is 2.31. The van der Waals surface area contributed by atoms with E-state index in [1.54, 1.807) is 24.8 Å². The zero-order valence-corrected chi connectivity index (χ0v) is 14.8. The maximum absolute atomic E-state index is 4.60. The molecule has 1 N–H and O–H groups in total. The van der Waals surface area contributed by atoms with Crippen molar-refractivity contribution in [2.24, 2.45) is 0 Å². The Labute approximate surface area is 151 Å². The SMILES string of the molecule is Cc1cc(C)nc(Nc2nccnc2C2CCCN2c2ncccn2)n1. The van der Waals surface area contributed by atoms with Crippen LogP contribution in [0.1, 0.15) is 36.0 Å². The normalized spacial score (nSPS) is 16.7. The summed E-state index contributed by atoms with van der Waals surface area (Å²) in [5.74, 6) is 1.92. The average Bonchev–Trinajstić information content (AvgIpc) is 3.11. The molecule has 3 aromatic heterocycles. The van der Waals surface area contributed by atoms with Crippen LogP contribution in [0.15, 0.2) is 36.9 Å². The van der Waals surface area contributed by atoms with Crippen molar-refractivity contribution in [3.63, 3.8) is 0 Å². The molecule has 0 spiro atoms. The Morgan fingerprint density at radius 3 is 2.46 bits per heavy atom.